The van der Waals surface area contributed by atoms with Gasteiger partial charge in [-0.05, 0) is 94.1 Å². The second-order valence-corrected chi connectivity index (χ2v) is 8.74. The number of benzene rings is 1. The van der Waals surface area contributed by atoms with Crippen LogP contribution in [0.3, 0.4) is 0 Å². The number of halogens is 2. The van der Waals surface area contributed by atoms with Crippen LogP contribution in [0.25, 0.3) is 0 Å². The van der Waals surface area contributed by atoms with E-state index in [1.807, 2.05) is 0 Å². The van der Waals surface area contributed by atoms with Crippen molar-refractivity contribution in [3.05, 3.63) is 41.7 Å². The van der Waals surface area contributed by atoms with Gasteiger partial charge in [-0.1, -0.05) is 25.5 Å². The predicted octanol–water partition coefficient (Wildman–Crippen LogP) is 7.53. The van der Waals surface area contributed by atoms with Gasteiger partial charge in [0.05, 0.1) is 12.4 Å². The molecule has 0 heterocycles. The fourth-order valence-electron chi connectivity index (χ4n) is 5.12. The Labute approximate surface area is 174 Å². The lowest BCUT2D eigenvalue weighted by Gasteiger charge is -2.38. The first kappa shape index (κ1) is 22.3. The van der Waals surface area contributed by atoms with Crippen LogP contribution in [0.5, 0.6) is 5.75 Å². The van der Waals surface area contributed by atoms with Gasteiger partial charge < -0.3 is 9.47 Å². The van der Waals surface area contributed by atoms with Gasteiger partial charge in [0.25, 0.3) is 0 Å². The van der Waals surface area contributed by atoms with E-state index in [1.54, 1.807) is 25.1 Å². The van der Waals surface area contributed by atoms with Crippen molar-refractivity contribution in [2.24, 2.45) is 11.8 Å². The highest BCUT2D eigenvalue weighted by molar-refractivity contribution is 5.33. The van der Waals surface area contributed by atoms with E-state index in [4.69, 9.17) is 9.47 Å². The minimum Gasteiger partial charge on any atom is -0.462 e. The smallest absolute Gasteiger partial charge is 0.201 e. The Morgan fingerprint density at radius 1 is 0.931 bits per heavy atom. The molecule has 2 aliphatic carbocycles. The number of hydrogen-bond donors (Lipinski definition) is 0. The Bertz CT molecular complexity index is 657. The van der Waals surface area contributed by atoms with Crippen molar-refractivity contribution in [3.8, 4) is 5.75 Å². The molecule has 0 N–H and O–H groups in total. The lowest BCUT2D eigenvalue weighted by atomic mass is 9.69. The molecule has 1 aromatic carbocycles. The molecule has 2 saturated carbocycles. The standard InChI is InChI=1S/C25H36F2O2/c1-3-5-17-28-21-12-10-19(11-13-21)18-6-8-20(9-7-18)22-14-15-23(29-16-4-2)25(27)24(22)26/h4,14-16,18-21H,3,5-13,17H2,1-2H3. The highest BCUT2D eigenvalue weighted by atomic mass is 19.2. The molecule has 0 bridgehead atoms. The lowest BCUT2D eigenvalue weighted by molar-refractivity contribution is 0.00672. The summed E-state index contributed by atoms with van der Waals surface area (Å²) in [5, 5.41) is 0. The Morgan fingerprint density at radius 3 is 2.21 bits per heavy atom. The molecule has 2 nitrogen and oxygen atoms in total. The molecule has 0 aromatic heterocycles. The van der Waals surface area contributed by atoms with Crippen LogP contribution in [0.4, 0.5) is 8.78 Å². The van der Waals surface area contributed by atoms with E-state index in [9.17, 15) is 8.78 Å². The highest BCUT2D eigenvalue weighted by Crippen LogP contribution is 2.44. The van der Waals surface area contributed by atoms with Gasteiger partial charge in [0.15, 0.2) is 11.6 Å². The van der Waals surface area contributed by atoms with Crippen LogP contribution in [0, 0.1) is 23.5 Å². The van der Waals surface area contributed by atoms with Gasteiger partial charge in [0, 0.05) is 6.61 Å². The second-order valence-electron chi connectivity index (χ2n) is 8.74. The first-order chi connectivity index (χ1) is 14.1. The molecule has 2 fully saturated rings. The van der Waals surface area contributed by atoms with Gasteiger partial charge in [0.2, 0.25) is 5.82 Å². The van der Waals surface area contributed by atoms with Crippen LogP contribution < -0.4 is 4.74 Å². The Morgan fingerprint density at radius 2 is 1.59 bits per heavy atom. The number of ether oxygens (including phenoxy) is 2. The summed E-state index contributed by atoms with van der Waals surface area (Å²) in [7, 11) is 0. The summed E-state index contributed by atoms with van der Waals surface area (Å²) in [6.45, 7) is 4.87. The maximum atomic E-state index is 14.6. The maximum Gasteiger partial charge on any atom is 0.201 e. The minimum atomic E-state index is -0.871. The summed E-state index contributed by atoms with van der Waals surface area (Å²) in [5.41, 5.74) is 0.516. The number of unbranched alkanes of at least 4 members (excludes halogenated alkanes) is 1. The normalized spacial score (nSPS) is 28.0. The van der Waals surface area contributed by atoms with Gasteiger partial charge in [-0.2, -0.15) is 4.39 Å². The van der Waals surface area contributed by atoms with Crippen LogP contribution in [0.1, 0.15) is 89.5 Å². The Kier molecular flexibility index (Phi) is 8.53. The molecule has 0 amide bonds. The van der Waals surface area contributed by atoms with Crippen molar-refractivity contribution >= 4 is 0 Å². The third-order valence-electron chi connectivity index (χ3n) is 6.86. The van der Waals surface area contributed by atoms with E-state index in [-0.39, 0.29) is 11.7 Å². The molecule has 0 aliphatic heterocycles. The molecule has 162 valence electrons. The molecule has 29 heavy (non-hydrogen) atoms. The van der Waals surface area contributed by atoms with E-state index < -0.39 is 11.6 Å². The largest absolute Gasteiger partial charge is 0.462 e. The summed E-state index contributed by atoms with van der Waals surface area (Å²) in [6, 6.07) is 3.26. The molecule has 0 unspecified atom stereocenters. The van der Waals surface area contributed by atoms with Crippen LogP contribution >= 0.6 is 0 Å². The van der Waals surface area contributed by atoms with Gasteiger partial charge in [-0.25, -0.2) is 4.39 Å². The first-order valence-corrected chi connectivity index (χ1v) is 11.5. The van der Waals surface area contributed by atoms with Crippen LogP contribution in [-0.4, -0.2) is 12.7 Å². The van der Waals surface area contributed by atoms with Crippen LogP contribution in [0.2, 0.25) is 0 Å². The summed E-state index contributed by atoms with van der Waals surface area (Å²) in [6.07, 6.45) is 14.8. The molecule has 4 heteroatoms. The van der Waals surface area contributed by atoms with Crippen molar-refractivity contribution in [3.63, 3.8) is 0 Å². The molecular formula is C25H36F2O2. The molecule has 0 spiro atoms. The topological polar surface area (TPSA) is 18.5 Å². The average Bonchev–Trinajstić information content (AvgIpc) is 2.76. The van der Waals surface area contributed by atoms with E-state index in [0.717, 1.165) is 50.5 Å². The van der Waals surface area contributed by atoms with Crippen molar-refractivity contribution in [1.29, 1.82) is 0 Å². The molecule has 1 aromatic rings. The van der Waals surface area contributed by atoms with E-state index >= 15 is 0 Å². The van der Waals surface area contributed by atoms with Gasteiger partial charge in [-0.15, -0.1) is 0 Å². The average molecular weight is 407 g/mol. The fraction of sp³-hybridized carbons (Fsp3) is 0.680. The number of allylic oxidation sites excluding steroid dienone is 1. The summed E-state index contributed by atoms with van der Waals surface area (Å²) >= 11 is 0. The first-order valence-electron chi connectivity index (χ1n) is 11.5. The Hall–Kier alpha value is -1.42. The number of rotatable bonds is 8. The second kappa shape index (κ2) is 11.1. The zero-order chi connectivity index (χ0) is 20.6. The van der Waals surface area contributed by atoms with E-state index in [2.05, 4.69) is 6.92 Å². The summed E-state index contributed by atoms with van der Waals surface area (Å²) in [5.74, 6) is -0.0290. The minimum absolute atomic E-state index is 0.0454. The quantitative estimate of drug-likeness (QED) is 0.328. The van der Waals surface area contributed by atoms with Crippen molar-refractivity contribution in [2.45, 2.75) is 90.1 Å². The SMILES string of the molecule is CC=COc1ccc(C2CCC(C3CCC(OCCCC)CC3)CC2)c(F)c1F. The van der Waals surface area contributed by atoms with Crippen molar-refractivity contribution < 1.29 is 18.3 Å². The van der Waals surface area contributed by atoms with Crippen LogP contribution in [-0.2, 0) is 4.74 Å². The van der Waals surface area contributed by atoms with Crippen molar-refractivity contribution in [2.75, 3.05) is 6.61 Å². The predicted molar refractivity (Wildman–Crippen MR) is 113 cm³/mol. The van der Waals surface area contributed by atoms with E-state index in [1.165, 1.54) is 38.4 Å². The lowest BCUT2D eigenvalue weighted by Crippen LogP contribution is -2.28. The van der Waals surface area contributed by atoms with E-state index in [0.29, 0.717) is 11.7 Å². The molecule has 0 saturated heterocycles. The van der Waals surface area contributed by atoms with Gasteiger partial charge >= 0.3 is 0 Å². The third-order valence-corrected chi connectivity index (χ3v) is 6.86. The molecule has 0 radical (unpaired) electrons. The fourth-order valence-corrected chi connectivity index (χ4v) is 5.12. The van der Waals surface area contributed by atoms with Crippen molar-refractivity contribution in [1.82, 2.24) is 0 Å². The number of hydrogen-bond acceptors (Lipinski definition) is 2. The summed E-state index contributed by atoms with van der Waals surface area (Å²) < 4.78 is 40.1. The molecule has 2 aliphatic rings. The van der Waals surface area contributed by atoms with Gasteiger partial charge in [0.1, 0.15) is 0 Å². The van der Waals surface area contributed by atoms with Gasteiger partial charge in [-0.3, -0.25) is 0 Å². The van der Waals surface area contributed by atoms with Crippen LogP contribution in [0.15, 0.2) is 24.5 Å². The summed E-state index contributed by atoms with van der Waals surface area (Å²) in [4.78, 5) is 0. The monoisotopic (exact) mass is 406 g/mol. The molecule has 3 rings (SSSR count). The maximum absolute atomic E-state index is 14.6. The third kappa shape index (κ3) is 5.81. The Balaban J connectivity index is 1.49. The molecular weight excluding hydrogens is 370 g/mol. The highest BCUT2D eigenvalue weighted by Gasteiger charge is 2.32. The zero-order valence-corrected chi connectivity index (χ0v) is 18.0. The zero-order valence-electron chi connectivity index (χ0n) is 18.0. The molecule has 0 atom stereocenters.